The van der Waals surface area contributed by atoms with E-state index in [4.69, 9.17) is 0 Å². The second-order valence-corrected chi connectivity index (χ2v) is 6.46. The first kappa shape index (κ1) is 13.6. The number of benzene rings is 1. The molecule has 0 radical (unpaired) electrons. The second kappa shape index (κ2) is 4.44. The first-order valence-corrected chi connectivity index (χ1v) is 6.70. The van der Waals surface area contributed by atoms with Gasteiger partial charge in [-0.25, -0.2) is 8.42 Å². The van der Waals surface area contributed by atoms with Gasteiger partial charge in [0, 0.05) is 18.3 Å². The van der Waals surface area contributed by atoms with Gasteiger partial charge in [0.15, 0.2) is 0 Å². The van der Waals surface area contributed by atoms with Crippen LogP contribution in [-0.2, 0) is 9.84 Å². The van der Waals surface area contributed by atoms with Gasteiger partial charge in [0.2, 0.25) is 9.84 Å². The van der Waals surface area contributed by atoms with E-state index in [-0.39, 0.29) is 11.3 Å². The van der Waals surface area contributed by atoms with Gasteiger partial charge in [-0.05, 0) is 19.1 Å². The number of rotatable bonds is 4. The maximum atomic E-state index is 12.2. The van der Waals surface area contributed by atoms with Gasteiger partial charge in [0.1, 0.15) is 0 Å². The second-order valence-electron chi connectivity index (χ2n) is 4.10. The van der Waals surface area contributed by atoms with Gasteiger partial charge in [-0.1, -0.05) is 24.6 Å². The topological polar surface area (TPSA) is 77.3 Å². The first-order valence-electron chi connectivity index (χ1n) is 5.21. The average Bonchev–Trinajstić information content (AvgIpc) is 2.28. The minimum absolute atomic E-state index is 0.0100. The van der Waals surface area contributed by atoms with E-state index in [2.05, 4.69) is 0 Å². The summed E-state index contributed by atoms with van der Waals surface area (Å²) >= 11 is 0. The molecule has 1 aromatic rings. The molecule has 0 spiro atoms. The molecule has 5 nitrogen and oxygen atoms in total. The Morgan fingerprint density at radius 3 is 2.12 bits per heavy atom. The van der Waals surface area contributed by atoms with E-state index in [1.807, 2.05) is 6.92 Å². The van der Waals surface area contributed by atoms with Crippen molar-refractivity contribution in [3.63, 3.8) is 0 Å². The van der Waals surface area contributed by atoms with E-state index in [0.29, 0.717) is 0 Å². The highest BCUT2D eigenvalue weighted by Gasteiger charge is 2.50. The first-order chi connectivity index (χ1) is 7.75. The van der Waals surface area contributed by atoms with Crippen molar-refractivity contribution in [2.24, 2.45) is 0 Å². The molecular weight excluding hydrogens is 242 g/mol. The standard InChI is InChI=1S/C11H15NO4S/c1-4-11(3,12(13)14)17(15,16)10-7-5-9(2)6-8-10/h5-8H,4H2,1-3H3. The Bertz CT molecular complexity index is 521. The predicted octanol–water partition coefficient (Wildman–Crippen LogP) is 2.17. The zero-order valence-corrected chi connectivity index (χ0v) is 10.8. The maximum absolute atomic E-state index is 12.2. The molecule has 0 aromatic heterocycles. The molecule has 0 amide bonds. The molecule has 0 saturated heterocycles. The van der Waals surface area contributed by atoms with Crippen molar-refractivity contribution < 1.29 is 13.3 Å². The van der Waals surface area contributed by atoms with Gasteiger partial charge in [0.05, 0.1) is 4.90 Å². The minimum atomic E-state index is -3.97. The molecule has 17 heavy (non-hydrogen) atoms. The van der Waals surface area contributed by atoms with Crippen LogP contribution >= 0.6 is 0 Å². The number of sulfone groups is 1. The average molecular weight is 257 g/mol. The van der Waals surface area contributed by atoms with Gasteiger partial charge in [-0.15, -0.1) is 0 Å². The van der Waals surface area contributed by atoms with Crippen molar-refractivity contribution in [3.05, 3.63) is 39.9 Å². The van der Waals surface area contributed by atoms with Crippen LogP contribution in [0.1, 0.15) is 25.8 Å². The summed E-state index contributed by atoms with van der Waals surface area (Å²) in [7, 11) is -3.97. The van der Waals surface area contributed by atoms with E-state index < -0.39 is 19.6 Å². The third-order valence-electron chi connectivity index (χ3n) is 2.95. The summed E-state index contributed by atoms with van der Waals surface area (Å²) in [5.74, 6) is 0. The van der Waals surface area contributed by atoms with Crippen molar-refractivity contribution in [1.29, 1.82) is 0 Å². The van der Waals surface area contributed by atoms with Crippen molar-refractivity contribution in [3.8, 4) is 0 Å². The zero-order valence-electron chi connectivity index (χ0n) is 10.0. The fraction of sp³-hybridized carbons (Fsp3) is 0.455. The molecule has 1 aromatic carbocycles. The Morgan fingerprint density at radius 1 is 1.29 bits per heavy atom. The van der Waals surface area contributed by atoms with Crippen molar-refractivity contribution in [2.75, 3.05) is 0 Å². The summed E-state index contributed by atoms with van der Waals surface area (Å²) in [5, 5.41) is 11.0. The maximum Gasteiger partial charge on any atom is 0.320 e. The minimum Gasteiger partial charge on any atom is -0.263 e. The van der Waals surface area contributed by atoms with E-state index >= 15 is 0 Å². The largest absolute Gasteiger partial charge is 0.320 e. The van der Waals surface area contributed by atoms with Crippen LogP contribution in [0.4, 0.5) is 0 Å². The molecule has 0 aliphatic carbocycles. The number of hydrogen-bond donors (Lipinski definition) is 0. The molecule has 0 aliphatic heterocycles. The number of hydrogen-bond acceptors (Lipinski definition) is 4. The van der Waals surface area contributed by atoms with Crippen LogP contribution in [0.5, 0.6) is 0 Å². The molecule has 0 bridgehead atoms. The fourth-order valence-electron chi connectivity index (χ4n) is 1.39. The lowest BCUT2D eigenvalue weighted by molar-refractivity contribution is -0.536. The Labute approximate surface area is 101 Å². The molecule has 0 aliphatic rings. The number of aryl methyl sites for hydroxylation is 1. The highest BCUT2D eigenvalue weighted by molar-refractivity contribution is 7.92. The van der Waals surface area contributed by atoms with Crippen LogP contribution in [0.2, 0.25) is 0 Å². The van der Waals surface area contributed by atoms with Crippen molar-refractivity contribution in [1.82, 2.24) is 0 Å². The molecular formula is C11H15NO4S. The summed E-state index contributed by atoms with van der Waals surface area (Å²) in [6.45, 7) is 4.46. The van der Waals surface area contributed by atoms with Crippen LogP contribution in [0.3, 0.4) is 0 Å². The Kier molecular flexibility index (Phi) is 3.56. The van der Waals surface area contributed by atoms with Crippen LogP contribution in [0, 0.1) is 17.0 Å². The summed E-state index contributed by atoms with van der Waals surface area (Å²) < 4.78 is 24.4. The van der Waals surface area contributed by atoms with Gasteiger partial charge >= 0.3 is 4.87 Å². The highest BCUT2D eigenvalue weighted by atomic mass is 32.2. The lowest BCUT2D eigenvalue weighted by Crippen LogP contribution is -2.42. The third kappa shape index (κ3) is 2.17. The molecule has 94 valence electrons. The molecule has 1 atom stereocenters. The van der Waals surface area contributed by atoms with Crippen molar-refractivity contribution >= 4 is 9.84 Å². The Hall–Kier alpha value is -1.43. The zero-order chi connectivity index (χ0) is 13.3. The molecule has 0 fully saturated rings. The van der Waals surface area contributed by atoms with E-state index in [0.717, 1.165) is 12.5 Å². The van der Waals surface area contributed by atoms with E-state index in [9.17, 15) is 18.5 Å². The molecule has 0 heterocycles. The van der Waals surface area contributed by atoms with Crippen molar-refractivity contribution in [2.45, 2.75) is 37.0 Å². The summed E-state index contributed by atoms with van der Waals surface area (Å²) in [5.41, 5.74) is 0.906. The van der Waals surface area contributed by atoms with E-state index in [1.54, 1.807) is 12.1 Å². The van der Waals surface area contributed by atoms with Crippen LogP contribution in [0.15, 0.2) is 29.2 Å². The molecule has 0 N–H and O–H groups in total. The molecule has 0 saturated carbocycles. The number of nitrogens with zero attached hydrogens (tertiary/aromatic N) is 1. The van der Waals surface area contributed by atoms with Gasteiger partial charge in [-0.2, -0.15) is 0 Å². The Morgan fingerprint density at radius 2 is 1.76 bits per heavy atom. The monoisotopic (exact) mass is 257 g/mol. The lowest BCUT2D eigenvalue weighted by Gasteiger charge is -2.19. The van der Waals surface area contributed by atoms with Gasteiger partial charge in [0.25, 0.3) is 0 Å². The smallest absolute Gasteiger partial charge is 0.263 e. The van der Waals surface area contributed by atoms with E-state index in [1.165, 1.54) is 19.1 Å². The van der Waals surface area contributed by atoms with Crippen LogP contribution in [0.25, 0.3) is 0 Å². The van der Waals surface area contributed by atoms with Crippen LogP contribution in [-0.4, -0.2) is 18.2 Å². The van der Waals surface area contributed by atoms with Gasteiger partial charge in [-0.3, -0.25) is 10.1 Å². The van der Waals surface area contributed by atoms with Gasteiger partial charge < -0.3 is 0 Å². The normalized spacial score (nSPS) is 15.2. The van der Waals surface area contributed by atoms with Crippen LogP contribution < -0.4 is 0 Å². The molecule has 1 unspecified atom stereocenters. The summed E-state index contributed by atoms with van der Waals surface area (Å²) in [6, 6.07) is 6.07. The molecule has 6 heteroatoms. The predicted molar refractivity (Wildman–Crippen MR) is 64.1 cm³/mol. The lowest BCUT2D eigenvalue weighted by atomic mass is 10.2. The Balaban J connectivity index is 3.37. The fourth-order valence-corrected chi connectivity index (χ4v) is 2.97. The highest BCUT2D eigenvalue weighted by Crippen LogP contribution is 2.29. The summed E-state index contributed by atoms with van der Waals surface area (Å²) in [6.07, 6.45) is -0.0732. The molecule has 1 rings (SSSR count). The third-order valence-corrected chi connectivity index (χ3v) is 5.44. The quantitative estimate of drug-likeness (QED) is 0.611. The number of nitro groups is 1. The summed E-state index contributed by atoms with van der Waals surface area (Å²) in [4.78, 5) is 8.25. The SMILES string of the molecule is CCC(C)([N+](=O)[O-])S(=O)(=O)c1ccc(C)cc1.